The van der Waals surface area contributed by atoms with Gasteiger partial charge >= 0.3 is 0 Å². The molecule has 0 bridgehead atoms. The maximum atomic E-state index is 12.5. The fraction of sp³-hybridized carbons (Fsp3) is 0.143. The summed E-state index contributed by atoms with van der Waals surface area (Å²) in [4.78, 5) is 0.231. The molecule has 0 aromatic heterocycles. The van der Waals surface area contributed by atoms with E-state index >= 15 is 0 Å². The molecule has 4 nitrogen and oxygen atoms in total. The predicted octanol–water partition coefficient (Wildman–Crippen LogP) is 4.64. The fourth-order valence-corrected chi connectivity index (χ4v) is 4.22. The molecule has 6 heteroatoms. The molecule has 0 saturated carbocycles. The molecule has 0 heterocycles. The smallest absolute Gasteiger partial charge is 0.240 e. The van der Waals surface area contributed by atoms with Crippen molar-refractivity contribution in [3.8, 4) is 0 Å². The third-order valence-electron chi connectivity index (χ3n) is 4.05. The summed E-state index contributed by atoms with van der Waals surface area (Å²) in [5, 5.41) is 0. The second-order valence-electron chi connectivity index (χ2n) is 6.03. The summed E-state index contributed by atoms with van der Waals surface area (Å²) in [6.07, 6.45) is 0. The lowest BCUT2D eigenvalue weighted by atomic mass is 10.1. The minimum Gasteiger partial charge on any atom is -0.372 e. The van der Waals surface area contributed by atoms with E-state index in [1.54, 1.807) is 24.3 Å². The lowest BCUT2D eigenvalue weighted by molar-refractivity contribution is 0.106. The Morgan fingerprint density at radius 1 is 0.815 bits per heavy atom. The van der Waals surface area contributed by atoms with E-state index in [1.165, 1.54) is 0 Å². The Hall–Kier alpha value is -1.99. The average molecular weight is 446 g/mol. The molecule has 0 aliphatic carbocycles. The summed E-state index contributed by atoms with van der Waals surface area (Å²) in [7, 11) is -3.58. The number of hydrogen-bond acceptors (Lipinski definition) is 3. The molecule has 1 N–H and O–H groups in total. The van der Waals surface area contributed by atoms with Gasteiger partial charge in [0.25, 0.3) is 0 Å². The van der Waals surface area contributed by atoms with Crippen molar-refractivity contribution < 1.29 is 13.2 Å². The van der Waals surface area contributed by atoms with Gasteiger partial charge < -0.3 is 4.74 Å². The van der Waals surface area contributed by atoms with Gasteiger partial charge in [-0.3, -0.25) is 0 Å². The van der Waals surface area contributed by atoms with Gasteiger partial charge in [-0.25, -0.2) is 13.1 Å². The average Bonchev–Trinajstić information content (AvgIpc) is 2.68. The van der Waals surface area contributed by atoms with E-state index in [4.69, 9.17) is 4.74 Å². The minimum atomic E-state index is -3.58. The van der Waals surface area contributed by atoms with E-state index in [2.05, 4.69) is 20.7 Å². The highest BCUT2D eigenvalue weighted by atomic mass is 79.9. The predicted molar refractivity (Wildman–Crippen MR) is 110 cm³/mol. The van der Waals surface area contributed by atoms with E-state index in [9.17, 15) is 8.42 Å². The second kappa shape index (κ2) is 9.28. The summed E-state index contributed by atoms with van der Waals surface area (Å²) in [6.45, 7) is 1.14. The highest BCUT2D eigenvalue weighted by molar-refractivity contribution is 9.10. The molecule has 3 aromatic rings. The number of ether oxygens (including phenoxy) is 1. The van der Waals surface area contributed by atoms with Gasteiger partial charge in [0, 0.05) is 11.0 Å². The zero-order chi connectivity index (χ0) is 19.1. The number of nitrogens with one attached hydrogen (secondary N) is 1. The van der Waals surface area contributed by atoms with Gasteiger partial charge in [-0.1, -0.05) is 76.6 Å². The molecule has 0 aliphatic heterocycles. The molecule has 0 atom stereocenters. The lowest BCUT2D eigenvalue weighted by Crippen LogP contribution is -2.23. The molecule has 3 aromatic carbocycles. The third-order valence-corrected chi connectivity index (χ3v) is 5.94. The van der Waals surface area contributed by atoms with Crippen molar-refractivity contribution in [3.05, 3.63) is 100 Å². The molecule has 140 valence electrons. The van der Waals surface area contributed by atoms with Crippen molar-refractivity contribution in [3.63, 3.8) is 0 Å². The normalized spacial score (nSPS) is 11.4. The SMILES string of the molecule is O=S(=O)(NCc1ccccc1COCc1ccccc1)c1cccc(Br)c1. The third kappa shape index (κ3) is 5.74. The molecule has 0 spiro atoms. The molecular formula is C21H20BrNO3S. The Kier molecular flexibility index (Phi) is 6.79. The van der Waals surface area contributed by atoms with Crippen molar-refractivity contribution in [2.45, 2.75) is 24.7 Å². The van der Waals surface area contributed by atoms with E-state index < -0.39 is 10.0 Å². The maximum absolute atomic E-state index is 12.5. The van der Waals surface area contributed by atoms with Gasteiger partial charge in [0.2, 0.25) is 10.0 Å². The summed E-state index contributed by atoms with van der Waals surface area (Å²) in [5.41, 5.74) is 2.96. The number of rotatable bonds is 8. The Balaban J connectivity index is 1.63. The van der Waals surface area contributed by atoms with Gasteiger partial charge in [0.15, 0.2) is 0 Å². The number of benzene rings is 3. The maximum Gasteiger partial charge on any atom is 0.240 e. The first kappa shape index (κ1) is 19.8. The topological polar surface area (TPSA) is 55.4 Å². The van der Waals surface area contributed by atoms with Crippen LogP contribution in [0.2, 0.25) is 0 Å². The molecule has 0 radical (unpaired) electrons. The van der Waals surface area contributed by atoms with Crippen LogP contribution in [0.4, 0.5) is 0 Å². The Morgan fingerprint density at radius 2 is 1.52 bits per heavy atom. The van der Waals surface area contributed by atoms with Crippen LogP contribution < -0.4 is 4.72 Å². The summed E-state index contributed by atoms with van der Waals surface area (Å²) in [5.74, 6) is 0. The van der Waals surface area contributed by atoms with Crippen molar-refractivity contribution in [1.82, 2.24) is 4.72 Å². The van der Waals surface area contributed by atoms with Crippen LogP contribution >= 0.6 is 15.9 Å². The number of halogens is 1. The zero-order valence-corrected chi connectivity index (χ0v) is 17.0. The number of hydrogen-bond donors (Lipinski definition) is 1. The minimum absolute atomic E-state index is 0.208. The summed E-state index contributed by atoms with van der Waals surface area (Å²) < 4.78 is 34.2. The quantitative estimate of drug-likeness (QED) is 0.549. The van der Waals surface area contributed by atoms with Crippen LogP contribution in [0.25, 0.3) is 0 Å². The van der Waals surface area contributed by atoms with Gasteiger partial charge in [-0.2, -0.15) is 0 Å². The zero-order valence-electron chi connectivity index (χ0n) is 14.6. The van der Waals surface area contributed by atoms with Crippen molar-refractivity contribution in [1.29, 1.82) is 0 Å². The summed E-state index contributed by atoms with van der Waals surface area (Å²) in [6, 6.07) is 24.3. The summed E-state index contributed by atoms with van der Waals surface area (Å²) >= 11 is 3.30. The first-order valence-corrected chi connectivity index (χ1v) is 10.8. The monoisotopic (exact) mass is 445 g/mol. The Bertz CT molecular complexity index is 991. The van der Waals surface area contributed by atoms with Crippen LogP contribution in [0.15, 0.2) is 88.2 Å². The lowest BCUT2D eigenvalue weighted by Gasteiger charge is -2.12. The fourth-order valence-electron chi connectivity index (χ4n) is 2.61. The number of sulfonamides is 1. The second-order valence-corrected chi connectivity index (χ2v) is 8.71. The van der Waals surface area contributed by atoms with Gasteiger partial charge in [-0.15, -0.1) is 0 Å². The molecule has 0 amide bonds. The van der Waals surface area contributed by atoms with Crippen molar-refractivity contribution in [2.24, 2.45) is 0 Å². The van der Waals surface area contributed by atoms with E-state index in [1.807, 2.05) is 54.6 Å². The van der Waals surface area contributed by atoms with Crippen LogP contribution in [0.3, 0.4) is 0 Å². The van der Waals surface area contributed by atoms with Gasteiger partial charge in [0.1, 0.15) is 0 Å². The first-order valence-electron chi connectivity index (χ1n) is 8.48. The van der Waals surface area contributed by atoms with Crippen molar-refractivity contribution >= 4 is 26.0 Å². The van der Waals surface area contributed by atoms with Crippen LogP contribution in [0.5, 0.6) is 0 Å². The molecule has 0 fully saturated rings. The largest absolute Gasteiger partial charge is 0.372 e. The van der Waals surface area contributed by atoms with Crippen LogP contribution in [-0.4, -0.2) is 8.42 Å². The van der Waals surface area contributed by atoms with E-state index in [-0.39, 0.29) is 11.4 Å². The molecule has 0 aliphatic rings. The van der Waals surface area contributed by atoms with Gasteiger partial charge in [-0.05, 0) is 34.9 Å². The van der Waals surface area contributed by atoms with E-state index in [0.717, 1.165) is 21.2 Å². The highest BCUT2D eigenvalue weighted by Gasteiger charge is 2.14. The van der Waals surface area contributed by atoms with Crippen LogP contribution in [-0.2, 0) is 34.5 Å². The van der Waals surface area contributed by atoms with Gasteiger partial charge in [0.05, 0.1) is 18.1 Å². The standard InChI is InChI=1S/C21H20BrNO3S/c22-20-11-6-12-21(13-20)27(24,25)23-14-18-9-4-5-10-19(18)16-26-15-17-7-2-1-3-8-17/h1-13,23H,14-16H2. The molecular weight excluding hydrogens is 426 g/mol. The molecule has 27 heavy (non-hydrogen) atoms. The molecule has 3 rings (SSSR count). The van der Waals surface area contributed by atoms with Crippen molar-refractivity contribution in [2.75, 3.05) is 0 Å². The van der Waals surface area contributed by atoms with E-state index in [0.29, 0.717) is 13.2 Å². The van der Waals surface area contributed by atoms with Crippen LogP contribution in [0, 0.1) is 0 Å². The molecule has 0 saturated heterocycles. The van der Waals surface area contributed by atoms with Crippen LogP contribution in [0.1, 0.15) is 16.7 Å². The Morgan fingerprint density at radius 3 is 2.26 bits per heavy atom. The highest BCUT2D eigenvalue weighted by Crippen LogP contribution is 2.17. The Labute approximate surface area is 168 Å². The first-order chi connectivity index (χ1) is 13.0. The molecule has 0 unspecified atom stereocenters.